The van der Waals surface area contributed by atoms with Crippen molar-refractivity contribution < 1.29 is 0 Å². The largest absolute Gasteiger partial charge is 0.373 e. The molecule has 0 unspecified atom stereocenters. The van der Waals surface area contributed by atoms with E-state index in [1.165, 1.54) is 4.88 Å². The van der Waals surface area contributed by atoms with Gasteiger partial charge in [0.1, 0.15) is 11.6 Å². The van der Waals surface area contributed by atoms with E-state index >= 15 is 0 Å². The highest BCUT2D eigenvalue weighted by Crippen LogP contribution is 2.28. The molecule has 78 valence electrons. The van der Waals surface area contributed by atoms with E-state index in [1.807, 2.05) is 27.0 Å². The molecule has 0 radical (unpaired) electrons. The summed E-state index contributed by atoms with van der Waals surface area (Å²) >= 11 is 1.70. The van der Waals surface area contributed by atoms with Crippen molar-refractivity contribution in [2.45, 2.75) is 13.8 Å². The quantitative estimate of drug-likeness (QED) is 0.844. The van der Waals surface area contributed by atoms with E-state index < -0.39 is 0 Å². The lowest BCUT2D eigenvalue weighted by Crippen LogP contribution is -2.01. The van der Waals surface area contributed by atoms with Gasteiger partial charge in [0.15, 0.2) is 0 Å². The molecule has 0 aliphatic carbocycles. The van der Waals surface area contributed by atoms with Crippen LogP contribution in [-0.4, -0.2) is 17.0 Å². The zero-order valence-electron chi connectivity index (χ0n) is 9.03. The second-order valence-corrected chi connectivity index (χ2v) is 4.27. The fourth-order valence-corrected chi connectivity index (χ4v) is 2.30. The highest BCUT2D eigenvalue weighted by atomic mass is 32.1. The summed E-state index contributed by atoms with van der Waals surface area (Å²) in [7, 11) is 1.88. The van der Waals surface area contributed by atoms with Crippen molar-refractivity contribution in [2.75, 3.05) is 12.4 Å². The molecular formula is C11H13N3S. The standard InChI is InChI=1S/C11H13N3S/c1-7-10(9-5-4-6-15-9)13-8(2)14-11(7)12-3/h4-6H,1-3H3,(H,12,13,14). The topological polar surface area (TPSA) is 37.8 Å². The van der Waals surface area contributed by atoms with Gasteiger partial charge in [-0.15, -0.1) is 11.3 Å². The molecule has 0 saturated carbocycles. The summed E-state index contributed by atoms with van der Waals surface area (Å²) < 4.78 is 0. The van der Waals surface area contributed by atoms with Gasteiger partial charge in [0.25, 0.3) is 0 Å². The zero-order valence-corrected chi connectivity index (χ0v) is 9.85. The van der Waals surface area contributed by atoms with E-state index in [9.17, 15) is 0 Å². The lowest BCUT2D eigenvalue weighted by atomic mass is 10.2. The Hall–Kier alpha value is -1.42. The zero-order chi connectivity index (χ0) is 10.8. The molecule has 2 aromatic heterocycles. The number of nitrogens with zero attached hydrogens (tertiary/aromatic N) is 2. The Morgan fingerprint density at radius 2 is 2.07 bits per heavy atom. The maximum atomic E-state index is 4.48. The minimum Gasteiger partial charge on any atom is -0.373 e. The number of anilines is 1. The molecule has 2 heterocycles. The van der Waals surface area contributed by atoms with Crippen LogP contribution in [0.3, 0.4) is 0 Å². The molecule has 0 fully saturated rings. The Kier molecular flexibility index (Phi) is 2.68. The Morgan fingerprint density at radius 3 is 2.67 bits per heavy atom. The molecule has 3 nitrogen and oxygen atoms in total. The van der Waals surface area contributed by atoms with Crippen molar-refractivity contribution in [3.05, 3.63) is 28.9 Å². The molecule has 0 atom stereocenters. The van der Waals surface area contributed by atoms with Gasteiger partial charge in [-0.3, -0.25) is 0 Å². The lowest BCUT2D eigenvalue weighted by Gasteiger charge is -2.09. The van der Waals surface area contributed by atoms with E-state index in [0.29, 0.717) is 0 Å². The van der Waals surface area contributed by atoms with Gasteiger partial charge >= 0.3 is 0 Å². The molecule has 15 heavy (non-hydrogen) atoms. The van der Waals surface area contributed by atoms with Crippen LogP contribution in [-0.2, 0) is 0 Å². The van der Waals surface area contributed by atoms with Crippen LogP contribution in [0.25, 0.3) is 10.6 Å². The molecule has 2 aromatic rings. The average molecular weight is 219 g/mol. The van der Waals surface area contributed by atoms with Crippen LogP contribution in [0.15, 0.2) is 17.5 Å². The number of hydrogen-bond acceptors (Lipinski definition) is 4. The number of rotatable bonds is 2. The highest BCUT2D eigenvalue weighted by molar-refractivity contribution is 7.13. The van der Waals surface area contributed by atoms with E-state index in [-0.39, 0.29) is 0 Å². The van der Waals surface area contributed by atoms with E-state index in [4.69, 9.17) is 0 Å². The Labute approximate surface area is 93.2 Å². The summed E-state index contributed by atoms with van der Waals surface area (Å²) in [6.45, 7) is 3.96. The van der Waals surface area contributed by atoms with Crippen LogP contribution < -0.4 is 5.32 Å². The van der Waals surface area contributed by atoms with Gasteiger partial charge in [-0.05, 0) is 25.3 Å². The second kappa shape index (κ2) is 3.98. The summed E-state index contributed by atoms with van der Waals surface area (Å²) in [6.07, 6.45) is 0. The molecular weight excluding hydrogens is 206 g/mol. The molecule has 0 aliphatic rings. The van der Waals surface area contributed by atoms with E-state index in [1.54, 1.807) is 11.3 Å². The fourth-order valence-electron chi connectivity index (χ4n) is 1.53. The molecule has 2 rings (SSSR count). The molecule has 0 amide bonds. The van der Waals surface area contributed by atoms with Crippen molar-refractivity contribution in [1.82, 2.24) is 9.97 Å². The number of nitrogens with one attached hydrogen (secondary N) is 1. The SMILES string of the molecule is CNc1nc(C)nc(-c2cccs2)c1C. The van der Waals surface area contributed by atoms with Gasteiger partial charge in [-0.1, -0.05) is 6.07 Å². The minimum absolute atomic E-state index is 0.799. The molecule has 0 aliphatic heterocycles. The smallest absolute Gasteiger partial charge is 0.133 e. The molecule has 1 N–H and O–H groups in total. The molecule has 0 aromatic carbocycles. The number of aryl methyl sites for hydroxylation is 1. The third-order valence-corrected chi connectivity index (χ3v) is 3.13. The average Bonchev–Trinajstić information content (AvgIpc) is 2.74. The van der Waals surface area contributed by atoms with Gasteiger partial charge < -0.3 is 5.32 Å². The first-order valence-electron chi connectivity index (χ1n) is 4.79. The molecule has 4 heteroatoms. The van der Waals surface area contributed by atoms with Crippen LogP contribution in [0.4, 0.5) is 5.82 Å². The molecule has 0 spiro atoms. The lowest BCUT2D eigenvalue weighted by molar-refractivity contribution is 1.04. The second-order valence-electron chi connectivity index (χ2n) is 3.32. The summed E-state index contributed by atoms with van der Waals surface area (Å²) in [5.74, 6) is 1.71. The number of thiophene rings is 1. The van der Waals surface area contributed by atoms with E-state index in [2.05, 4.69) is 26.7 Å². The fraction of sp³-hybridized carbons (Fsp3) is 0.273. The Bertz CT molecular complexity index is 463. The predicted octanol–water partition coefficient (Wildman–Crippen LogP) is 2.86. The van der Waals surface area contributed by atoms with Crippen LogP contribution >= 0.6 is 11.3 Å². The molecule has 0 saturated heterocycles. The van der Waals surface area contributed by atoms with Gasteiger partial charge in [-0.2, -0.15) is 0 Å². The number of hydrogen-bond donors (Lipinski definition) is 1. The van der Waals surface area contributed by atoms with Crippen molar-refractivity contribution >= 4 is 17.2 Å². The van der Waals surface area contributed by atoms with Gasteiger partial charge in [-0.25, -0.2) is 9.97 Å². The van der Waals surface area contributed by atoms with Crippen molar-refractivity contribution in [2.24, 2.45) is 0 Å². The number of aromatic nitrogens is 2. The van der Waals surface area contributed by atoms with Gasteiger partial charge in [0.2, 0.25) is 0 Å². The highest BCUT2D eigenvalue weighted by Gasteiger charge is 2.10. The van der Waals surface area contributed by atoms with Crippen molar-refractivity contribution in [3.8, 4) is 10.6 Å². The van der Waals surface area contributed by atoms with Gasteiger partial charge in [0.05, 0.1) is 10.6 Å². The van der Waals surface area contributed by atoms with Gasteiger partial charge in [0, 0.05) is 12.6 Å². The predicted molar refractivity (Wildman–Crippen MR) is 64.4 cm³/mol. The first kappa shape index (κ1) is 10.1. The summed E-state index contributed by atoms with van der Waals surface area (Å²) in [5.41, 5.74) is 2.13. The normalized spacial score (nSPS) is 10.3. The monoisotopic (exact) mass is 219 g/mol. The minimum atomic E-state index is 0.799. The van der Waals surface area contributed by atoms with Crippen LogP contribution in [0.5, 0.6) is 0 Å². The summed E-state index contributed by atoms with van der Waals surface area (Å²) in [4.78, 5) is 10.0. The first-order chi connectivity index (χ1) is 7.22. The third-order valence-electron chi connectivity index (χ3n) is 2.25. The van der Waals surface area contributed by atoms with E-state index in [0.717, 1.165) is 22.9 Å². The summed E-state index contributed by atoms with van der Waals surface area (Å²) in [5, 5.41) is 5.15. The van der Waals surface area contributed by atoms with Crippen molar-refractivity contribution in [3.63, 3.8) is 0 Å². The van der Waals surface area contributed by atoms with Crippen LogP contribution in [0.2, 0.25) is 0 Å². The molecule has 0 bridgehead atoms. The Balaban J connectivity index is 2.61. The third kappa shape index (κ3) is 1.85. The van der Waals surface area contributed by atoms with Crippen LogP contribution in [0, 0.1) is 13.8 Å². The first-order valence-corrected chi connectivity index (χ1v) is 5.67. The van der Waals surface area contributed by atoms with Crippen molar-refractivity contribution in [1.29, 1.82) is 0 Å². The van der Waals surface area contributed by atoms with Crippen LogP contribution in [0.1, 0.15) is 11.4 Å². The summed E-state index contributed by atoms with van der Waals surface area (Å²) in [6, 6.07) is 4.12. The maximum absolute atomic E-state index is 4.48. The maximum Gasteiger partial charge on any atom is 0.133 e. The Morgan fingerprint density at radius 1 is 1.27 bits per heavy atom.